The summed E-state index contributed by atoms with van der Waals surface area (Å²) in [5.41, 5.74) is 4.95. The molecule has 8 nitrogen and oxygen atoms in total. The van der Waals surface area contributed by atoms with Gasteiger partial charge in [0.05, 0.1) is 0 Å². The number of aliphatic carboxylic acids is 1. The minimum absolute atomic E-state index is 0.0238. The fourth-order valence-corrected chi connectivity index (χ4v) is 1.36. The van der Waals surface area contributed by atoms with E-state index in [9.17, 15) is 14.4 Å². The molecule has 0 bridgehead atoms. The fourth-order valence-electron chi connectivity index (χ4n) is 1.36. The van der Waals surface area contributed by atoms with Gasteiger partial charge in [0.2, 0.25) is 5.91 Å². The second-order valence-electron chi connectivity index (χ2n) is 4.87. The number of urea groups is 1. The van der Waals surface area contributed by atoms with Crippen molar-refractivity contribution in [2.24, 2.45) is 5.73 Å². The van der Waals surface area contributed by atoms with Crippen molar-refractivity contribution in [3.05, 3.63) is 0 Å². The molecule has 0 rings (SSSR count). The molecule has 0 aliphatic rings. The van der Waals surface area contributed by atoms with Gasteiger partial charge in [-0.25, -0.2) is 9.59 Å². The van der Waals surface area contributed by atoms with Crippen LogP contribution in [0.1, 0.15) is 26.7 Å². The Hall–Kier alpha value is -1.83. The Labute approximate surface area is 118 Å². The summed E-state index contributed by atoms with van der Waals surface area (Å²) in [5, 5.41) is 13.8. The number of amides is 3. The van der Waals surface area contributed by atoms with Crippen molar-refractivity contribution >= 4 is 17.9 Å². The summed E-state index contributed by atoms with van der Waals surface area (Å²) in [6.45, 7) is 5.13. The molecule has 0 fully saturated rings. The summed E-state index contributed by atoms with van der Waals surface area (Å²) in [6.07, 6.45) is -0.114. The Morgan fingerprint density at radius 2 is 1.90 bits per heavy atom. The highest BCUT2D eigenvalue weighted by Crippen LogP contribution is 1.97. The minimum atomic E-state index is -1.19. The number of carboxylic acid groups (broad SMARTS) is 1. The summed E-state index contributed by atoms with van der Waals surface area (Å²) in [4.78, 5) is 35.1. The van der Waals surface area contributed by atoms with Crippen molar-refractivity contribution in [2.75, 3.05) is 20.1 Å². The topological polar surface area (TPSA) is 125 Å². The lowest BCUT2D eigenvalue weighted by Gasteiger charge is -2.21. The zero-order valence-corrected chi connectivity index (χ0v) is 12.2. The highest BCUT2D eigenvalue weighted by Gasteiger charge is 2.20. The summed E-state index contributed by atoms with van der Waals surface area (Å²) in [6, 6.07) is -1.33. The van der Waals surface area contributed by atoms with Crippen LogP contribution in [0.15, 0.2) is 0 Å². The first-order chi connectivity index (χ1) is 9.23. The maximum atomic E-state index is 11.5. The number of nitrogens with one attached hydrogen (secondary N) is 2. The monoisotopic (exact) mass is 288 g/mol. The highest BCUT2D eigenvalue weighted by atomic mass is 16.4. The molecule has 0 saturated heterocycles. The van der Waals surface area contributed by atoms with E-state index >= 15 is 0 Å². The van der Waals surface area contributed by atoms with E-state index in [1.54, 1.807) is 0 Å². The molecule has 3 amide bonds. The van der Waals surface area contributed by atoms with Gasteiger partial charge in [0, 0.05) is 25.6 Å². The minimum Gasteiger partial charge on any atom is -0.480 e. The van der Waals surface area contributed by atoms with Crippen LogP contribution in [0.2, 0.25) is 0 Å². The predicted molar refractivity (Wildman–Crippen MR) is 74.2 cm³/mol. The Morgan fingerprint density at radius 1 is 1.30 bits per heavy atom. The number of carbonyl (C=O) groups is 3. The molecule has 0 unspecified atom stereocenters. The van der Waals surface area contributed by atoms with Crippen LogP contribution in [-0.4, -0.2) is 60.1 Å². The number of nitrogens with zero attached hydrogens (tertiary/aromatic N) is 1. The molecule has 20 heavy (non-hydrogen) atoms. The number of hydrogen-bond acceptors (Lipinski definition) is 4. The first-order valence-corrected chi connectivity index (χ1v) is 6.49. The van der Waals surface area contributed by atoms with Gasteiger partial charge in [-0.2, -0.15) is 0 Å². The largest absolute Gasteiger partial charge is 0.480 e. The number of hydrogen-bond donors (Lipinski definition) is 4. The van der Waals surface area contributed by atoms with Crippen LogP contribution in [-0.2, 0) is 9.59 Å². The third kappa shape index (κ3) is 8.30. The zero-order chi connectivity index (χ0) is 15.7. The van der Waals surface area contributed by atoms with Crippen LogP contribution < -0.4 is 16.4 Å². The van der Waals surface area contributed by atoms with Gasteiger partial charge >= 0.3 is 12.0 Å². The van der Waals surface area contributed by atoms with E-state index in [1.807, 2.05) is 25.8 Å². The molecule has 1 atom stereocenters. The van der Waals surface area contributed by atoms with Crippen molar-refractivity contribution in [3.63, 3.8) is 0 Å². The number of carboxylic acids is 1. The molecule has 0 aliphatic carbocycles. The molecule has 0 aromatic carbocycles. The van der Waals surface area contributed by atoms with Gasteiger partial charge in [0.25, 0.3) is 0 Å². The normalized spacial score (nSPS) is 12.2. The van der Waals surface area contributed by atoms with E-state index < -0.39 is 23.9 Å². The SMILES string of the molecule is CC(C)N(C)CCNC(=O)N[C@H](CCC(N)=O)C(=O)O. The summed E-state index contributed by atoms with van der Waals surface area (Å²) < 4.78 is 0. The third-order valence-electron chi connectivity index (χ3n) is 2.91. The molecule has 8 heteroatoms. The maximum Gasteiger partial charge on any atom is 0.326 e. The van der Waals surface area contributed by atoms with Crippen LogP contribution in [0.25, 0.3) is 0 Å². The Bertz CT molecular complexity index is 346. The summed E-state index contributed by atoms with van der Waals surface area (Å²) in [7, 11) is 1.93. The molecule has 0 heterocycles. The summed E-state index contributed by atoms with van der Waals surface area (Å²) in [5.74, 6) is -1.79. The third-order valence-corrected chi connectivity index (χ3v) is 2.91. The first kappa shape index (κ1) is 18.2. The molecule has 0 aromatic heterocycles. The molecule has 5 N–H and O–H groups in total. The standard InChI is InChI=1S/C12H24N4O4/c1-8(2)16(3)7-6-14-12(20)15-9(11(18)19)4-5-10(13)17/h8-9H,4-7H2,1-3H3,(H2,13,17)(H,18,19)(H2,14,15,20)/t9-/m1/s1. The molecule has 0 saturated carbocycles. The Kier molecular flexibility index (Phi) is 8.30. The van der Waals surface area contributed by atoms with Gasteiger partial charge in [0.15, 0.2) is 0 Å². The van der Waals surface area contributed by atoms with Gasteiger partial charge in [-0.15, -0.1) is 0 Å². The first-order valence-electron chi connectivity index (χ1n) is 6.49. The van der Waals surface area contributed by atoms with Crippen LogP contribution in [0.3, 0.4) is 0 Å². The van der Waals surface area contributed by atoms with E-state index in [-0.39, 0.29) is 12.8 Å². The lowest BCUT2D eigenvalue weighted by atomic mass is 10.1. The number of likely N-dealkylation sites (N-methyl/N-ethyl adjacent to an activating group) is 1. The van der Waals surface area contributed by atoms with Crippen molar-refractivity contribution in [1.29, 1.82) is 0 Å². The maximum absolute atomic E-state index is 11.5. The lowest BCUT2D eigenvalue weighted by Crippen LogP contribution is -2.48. The van der Waals surface area contributed by atoms with Crippen LogP contribution in [0, 0.1) is 0 Å². The van der Waals surface area contributed by atoms with Crippen LogP contribution in [0.4, 0.5) is 4.79 Å². The average Bonchev–Trinajstić information content (AvgIpc) is 2.33. The summed E-state index contributed by atoms with van der Waals surface area (Å²) >= 11 is 0. The quantitative estimate of drug-likeness (QED) is 0.448. The molecule has 116 valence electrons. The molecule has 0 aliphatic heterocycles. The van der Waals surface area contributed by atoms with E-state index in [1.165, 1.54) is 0 Å². The smallest absolute Gasteiger partial charge is 0.326 e. The van der Waals surface area contributed by atoms with Crippen LogP contribution >= 0.6 is 0 Å². The van der Waals surface area contributed by atoms with Gasteiger partial charge in [-0.05, 0) is 27.3 Å². The number of primary amides is 1. The van der Waals surface area contributed by atoms with Gasteiger partial charge in [-0.3, -0.25) is 4.79 Å². The van der Waals surface area contributed by atoms with Crippen molar-refractivity contribution < 1.29 is 19.5 Å². The molecular formula is C12H24N4O4. The fraction of sp³-hybridized carbons (Fsp3) is 0.750. The van der Waals surface area contributed by atoms with E-state index in [2.05, 4.69) is 10.6 Å². The predicted octanol–water partition coefficient (Wildman–Crippen LogP) is -0.655. The van der Waals surface area contributed by atoms with E-state index in [4.69, 9.17) is 10.8 Å². The highest BCUT2D eigenvalue weighted by molar-refractivity contribution is 5.83. The second-order valence-corrected chi connectivity index (χ2v) is 4.87. The molecule has 0 radical (unpaired) electrons. The Morgan fingerprint density at radius 3 is 2.35 bits per heavy atom. The van der Waals surface area contributed by atoms with Crippen molar-refractivity contribution in [3.8, 4) is 0 Å². The molecule has 0 spiro atoms. The number of rotatable bonds is 9. The molecular weight excluding hydrogens is 264 g/mol. The van der Waals surface area contributed by atoms with Gasteiger partial charge in [0.1, 0.15) is 6.04 Å². The molecule has 0 aromatic rings. The average molecular weight is 288 g/mol. The number of nitrogens with two attached hydrogens (primary N) is 1. The Balaban J connectivity index is 4.07. The van der Waals surface area contributed by atoms with Crippen LogP contribution in [0.5, 0.6) is 0 Å². The van der Waals surface area contributed by atoms with Gasteiger partial charge < -0.3 is 26.4 Å². The zero-order valence-electron chi connectivity index (χ0n) is 12.2. The van der Waals surface area contributed by atoms with E-state index in [0.717, 1.165) is 0 Å². The van der Waals surface area contributed by atoms with Crippen molar-refractivity contribution in [2.45, 2.75) is 38.8 Å². The van der Waals surface area contributed by atoms with E-state index in [0.29, 0.717) is 19.1 Å². The van der Waals surface area contributed by atoms with Gasteiger partial charge in [-0.1, -0.05) is 0 Å². The second kappa shape index (κ2) is 9.13. The van der Waals surface area contributed by atoms with Crippen molar-refractivity contribution in [1.82, 2.24) is 15.5 Å². The lowest BCUT2D eigenvalue weighted by molar-refractivity contribution is -0.139. The number of carbonyl (C=O) groups excluding carboxylic acids is 2.